The molecule has 11 nitrogen and oxygen atoms in total. The maximum absolute atomic E-state index is 12.5. The van der Waals surface area contributed by atoms with Gasteiger partial charge >= 0.3 is 0 Å². The van der Waals surface area contributed by atoms with Crippen LogP contribution in [-0.2, 0) is 4.79 Å². The molecule has 1 amide bonds. The van der Waals surface area contributed by atoms with Crippen LogP contribution in [0.2, 0.25) is 0 Å². The predicted octanol–water partition coefficient (Wildman–Crippen LogP) is 4.04. The van der Waals surface area contributed by atoms with E-state index >= 15 is 0 Å². The predicted molar refractivity (Wildman–Crippen MR) is 160 cm³/mol. The number of amides is 1. The molecular formula is C30H37N9O2. The number of nitrogens with two attached hydrogens (primary N) is 1. The molecule has 11 heteroatoms. The summed E-state index contributed by atoms with van der Waals surface area (Å²) >= 11 is 0. The van der Waals surface area contributed by atoms with Gasteiger partial charge in [-0.1, -0.05) is 6.08 Å². The van der Waals surface area contributed by atoms with E-state index in [9.17, 15) is 4.79 Å². The first-order valence-electron chi connectivity index (χ1n) is 13.9. The summed E-state index contributed by atoms with van der Waals surface area (Å²) in [4.78, 5) is 18.7. The average Bonchev–Trinajstić information content (AvgIpc) is 3.62. The normalized spacial score (nSPS) is 15.2. The number of aromatic nitrogens is 4. The number of pyridine rings is 1. The van der Waals surface area contributed by atoms with Gasteiger partial charge in [-0.25, -0.2) is 14.2 Å². The summed E-state index contributed by atoms with van der Waals surface area (Å²) in [5, 5.41) is 15.2. The van der Waals surface area contributed by atoms with Gasteiger partial charge in [0.25, 0.3) is 0 Å². The Bertz CT molecular complexity index is 1550. The summed E-state index contributed by atoms with van der Waals surface area (Å²) in [5.41, 5.74) is 10.7. The van der Waals surface area contributed by atoms with Gasteiger partial charge in [-0.2, -0.15) is 10.2 Å². The molecule has 4 heterocycles. The van der Waals surface area contributed by atoms with Crippen molar-refractivity contribution in [2.75, 3.05) is 32.0 Å². The van der Waals surface area contributed by atoms with Gasteiger partial charge in [0, 0.05) is 49.9 Å². The number of rotatable bonds is 10. The first-order chi connectivity index (χ1) is 20.0. The monoisotopic (exact) mass is 555 g/mol. The molecule has 1 atom stereocenters. The van der Waals surface area contributed by atoms with Gasteiger partial charge in [-0.15, -0.1) is 0 Å². The third-order valence-electron chi connectivity index (χ3n) is 7.41. The molecule has 0 aliphatic carbocycles. The SMILES string of the molecule is CNC/C=C/C(=O)N1CCC(c2ccn(/N=C\N)c2C(C)Nc2ccc(Oc3ccn4ncnc4c3)c(C)c2)CC1. The van der Waals surface area contributed by atoms with Crippen LogP contribution in [0.5, 0.6) is 11.5 Å². The Hall–Kier alpha value is -4.64. The number of carbonyl (C=O) groups is 1. The number of piperidine rings is 1. The van der Waals surface area contributed by atoms with Gasteiger partial charge in [0.05, 0.1) is 11.7 Å². The Balaban J connectivity index is 1.28. The summed E-state index contributed by atoms with van der Waals surface area (Å²) in [6, 6.07) is 11.9. The quantitative estimate of drug-likeness (QED) is 0.153. The highest BCUT2D eigenvalue weighted by Crippen LogP contribution is 2.36. The summed E-state index contributed by atoms with van der Waals surface area (Å²) in [5.74, 6) is 1.87. The molecule has 1 unspecified atom stereocenters. The second kappa shape index (κ2) is 12.7. The maximum Gasteiger partial charge on any atom is 0.246 e. The fourth-order valence-electron chi connectivity index (χ4n) is 5.37. The van der Waals surface area contributed by atoms with Crippen molar-refractivity contribution in [3.63, 3.8) is 0 Å². The third kappa shape index (κ3) is 6.41. The van der Waals surface area contributed by atoms with Crippen LogP contribution in [0.3, 0.4) is 0 Å². The van der Waals surface area contributed by atoms with E-state index in [0.29, 0.717) is 18.2 Å². The molecule has 1 aliphatic heterocycles. The van der Waals surface area contributed by atoms with Crippen LogP contribution in [0.25, 0.3) is 5.65 Å². The standard InChI is InChI=1S/C30H37N9O2/c1-21-17-24(6-7-27(21)41-25-10-15-38-28(18-25)33-20-35-38)36-22(2)30-26(11-16-39(30)34-19-31)23-8-13-37(14-9-23)29(40)5-4-12-32-3/h4-7,10-11,15-20,22-23,32,36H,8-9,12-14H2,1-3H3,(H2,31,34)/b5-4+. The summed E-state index contributed by atoms with van der Waals surface area (Å²) in [6.07, 6.45) is 11.9. The number of carbonyl (C=O) groups excluding carboxylic acids is 1. The second-order valence-electron chi connectivity index (χ2n) is 10.2. The average molecular weight is 556 g/mol. The van der Waals surface area contributed by atoms with E-state index in [1.807, 2.05) is 66.3 Å². The first kappa shape index (κ1) is 27.9. The van der Waals surface area contributed by atoms with Crippen molar-refractivity contribution in [3.05, 3.63) is 84.1 Å². The summed E-state index contributed by atoms with van der Waals surface area (Å²) < 4.78 is 9.68. The molecule has 214 valence electrons. The zero-order chi connectivity index (χ0) is 28.8. The molecule has 1 fully saturated rings. The lowest BCUT2D eigenvalue weighted by atomic mass is 9.88. The van der Waals surface area contributed by atoms with Crippen LogP contribution < -0.4 is 21.1 Å². The van der Waals surface area contributed by atoms with Crippen LogP contribution >= 0.6 is 0 Å². The fourth-order valence-corrected chi connectivity index (χ4v) is 5.37. The highest BCUT2D eigenvalue weighted by atomic mass is 16.5. The van der Waals surface area contributed by atoms with E-state index in [0.717, 1.165) is 54.3 Å². The number of fused-ring (bicyclic) bond motifs is 1. The Morgan fingerprint density at radius 3 is 2.80 bits per heavy atom. The summed E-state index contributed by atoms with van der Waals surface area (Å²) in [6.45, 7) is 6.28. The molecular weight excluding hydrogens is 518 g/mol. The molecule has 5 rings (SSSR count). The van der Waals surface area contributed by atoms with Crippen molar-refractivity contribution in [2.45, 2.75) is 38.6 Å². The number of likely N-dealkylation sites (tertiary alicyclic amines) is 1. The van der Waals surface area contributed by atoms with Crippen LogP contribution in [0, 0.1) is 6.92 Å². The molecule has 4 N–H and O–H groups in total. The number of benzene rings is 1. The molecule has 1 aromatic carbocycles. The van der Waals surface area contributed by atoms with Gasteiger partial charge in [0.15, 0.2) is 5.65 Å². The lowest BCUT2D eigenvalue weighted by Gasteiger charge is -2.32. The number of ether oxygens (including phenoxy) is 1. The lowest BCUT2D eigenvalue weighted by molar-refractivity contribution is -0.127. The van der Waals surface area contributed by atoms with Gasteiger partial charge in [-0.05, 0) is 81.1 Å². The largest absolute Gasteiger partial charge is 0.457 e. The van der Waals surface area contributed by atoms with Gasteiger partial charge < -0.3 is 26.0 Å². The van der Waals surface area contributed by atoms with Crippen LogP contribution in [0.15, 0.2) is 72.4 Å². The van der Waals surface area contributed by atoms with Gasteiger partial charge in [-0.3, -0.25) is 4.79 Å². The van der Waals surface area contributed by atoms with Crippen molar-refractivity contribution < 1.29 is 9.53 Å². The molecule has 3 aromatic heterocycles. The number of likely N-dealkylation sites (N-methyl/N-ethyl adjacent to an activating group) is 1. The number of aryl methyl sites for hydroxylation is 1. The molecule has 4 aromatic rings. The van der Waals surface area contributed by atoms with Crippen LogP contribution in [-0.4, -0.2) is 63.1 Å². The molecule has 0 bridgehead atoms. The molecule has 0 saturated carbocycles. The molecule has 1 saturated heterocycles. The maximum atomic E-state index is 12.5. The van der Waals surface area contributed by atoms with E-state index in [4.69, 9.17) is 10.5 Å². The Morgan fingerprint density at radius 2 is 2.05 bits per heavy atom. The highest BCUT2D eigenvalue weighted by Gasteiger charge is 2.28. The van der Waals surface area contributed by atoms with E-state index in [-0.39, 0.29) is 11.9 Å². The summed E-state index contributed by atoms with van der Waals surface area (Å²) in [7, 11) is 1.86. The number of anilines is 1. The number of hydrogen-bond acceptors (Lipinski definition) is 7. The van der Waals surface area contributed by atoms with Crippen molar-refractivity contribution in [1.82, 2.24) is 29.5 Å². The van der Waals surface area contributed by atoms with Crippen molar-refractivity contribution in [2.24, 2.45) is 10.8 Å². The minimum absolute atomic E-state index is 0.0469. The van der Waals surface area contributed by atoms with E-state index in [2.05, 4.69) is 44.9 Å². The highest BCUT2D eigenvalue weighted by molar-refractivity contribution is 5.87. The van der Waals surface area contributed by atoms with E-state index in [1.54, 1.807) is 10.6 Å². The topological polar surface area (TPSA) is 127 Å². The van der Waals surface area contributed by atoms with Gasteiger partial charge in [0.2, 0.25) is 5.91 Å². The first-order valence-corrected chi connectivity index (χ1v) is 13.9. The molecule has 0 radical (unpaired) electrons. The minimum atomic E-state index is -0.0469. The molecule has 41 heavy (non-hydrogen) atoms. The third-order valence-corrected chi connectivity index (χ3v) is 7.41. The van der Waals surface area contributed by atoms with Crippen LogP contribution in [0.4, 0.5) is 5.69 Å². The zero-order valence-electron chi connectivity index (χ0n) is 23.7. The number of nitrogens with one attached hydrogen (secondary N) is 2. The fraction of sp³-hybridized carbons (Fsp3) is 0.333. The minimum Gasteiger partial charge on any atom is -0.457 e. The van der Waals surface area contributed by atoms with E-state index < -0.39 is 0 Å². The Labute approximate surface area is 239 Å². The smallest absolute Gasteiger partial charge is 0.246 e. The van der Waals surface area contributed by atoms with Crippen molar-refractivity contribution in [1.29, 1.82) is 0 Å². The molecule has 0 spiro atoms. The Kier molecular flexibility index (Phi) is 8.64. The van der Waals surface area contributed by atoms with Gasteiger partial charge in [0.1, 0.15) is 24.2 Å². The van der Waals surface area contributed by atoms with Crippen LogP contribution in [0.1, 0.15) is 48.5 Å². The van der Waals surface area contributed by atoms with Crippen molar-refractivity contribution in [3.8, 4) is 11.5 Å². The number of hydrogen-bond donors (Lipinski definition) is 3. The molecule has 1 aliphatic rings. The van der Waals surface area contributed by atoms with E-state index in [1.165, 1.54) is 18.2 Å². The second-order valence-corrected chi connectivity index (χ2v) is 10.2. The number of nitrogens with zero attached hydrogens (tertiary/aromatic N) is 6. The van der Waals surface area contributed by atoms with Crippen molar-refractivity contribution >= 4 is 23.6 Å². The zero-order valence-corrected chi connectivity index (χ0v) is 23.7. The Morgan fingerprint density at radius 1 is 1.22 bits per heavy atom. The lowest BCUT2D eigenvalue weighted by Crippen LogP contribution is -2.37.